The fourth-order valence-electron chi connectivity index (χ4n) is 1.60. The van der Waals surface area contributed by atoms with E-state index in [0.717, 1.165) is 17.0 Å². The van der Waals surface area contributed by atoms with Gasteiger partial charge in [-0.05, 0) is 23.8 Å². The number of nitrogens with zero attached hydrogens (tertiary/aromatic N) is 1. The minimum absolute atomic E-state index is 0.0456. The first-order valence-corrected chi connectivity index (χ1v) is 4.30. The number of carbonyl (C=O) groups is 1. The van der Waals surface area contributed by atoms with Crippen LogP contribution >= 0.6 is 0 Å². The summed E-state index contributed by atoms with van der Waals surface area (Å²) in [5.74, 6) is 0.713. The summed E-state index contributed by atoms with van der Waals surface area (Å²) < 4.78 is 5.07. The van der Waals surface area contributed by atoms with Gasteiger partial charge in [-0.15, -0.1) is 0 Å². The summed E-state index contributed by atoms with van der Waals surface area (Å²) in [6.45, 7) is 0. The van der Waals surface area contributed by atoms with Crippen molar-refractivity contribution in [3.63, 3.8) is 0 Å². The average Bonchev–Trinajstić information content (AvgIpc) is 2.51. The summed E-state index contributed by atoms with van der Waals surface area (Å²) in [6, 6.07) is 5.48. The van der Waals surface area contributed by atoms with Crippen molar-refractivity contribution < 1.29 is 14.4 Å². The largest absolute Gasteiger partial charge is 0.497 e. The molecule has 1 amide bonds. The summed E-state index contributed by atoms with van der Waals surface area (Å²) in [5, 5.41) is 1.30. The number of methoxy groups -OCH3 is 1. The summed E-state index contributed by atoms with van der Waals surface area (Å²) in [4.78, 5) is 16.4. The lowest BCUT2D eigenvalue weighted by Crippen LogP contribution is -2.24. The van der Waals surface area contributed by atoms with Gasteiger partial charge in [0, 0.05) is 0 Å². The third-order valence-corrected chi connectivity index (χ3v) is 2.26. The average molecular weight is 193 g/mol. The van der Waals surface area contributed by atoms with E-state index < -0.39 is 0 Å². The van der Waals surface area contributed by atoms with Gasteiger partial charge < -0.3 is 4.74 Å². The standard InChI is InChI=1S/C10H11NO3/c1-13-8-3-4-9-7(5-8)6-10(12)11(9)14-2/h3-5H,6H2,1-2H3. The van der Waals surface area contributed by atoms with Gasteiger partial charge in [0.05, 0.1) is 26.3 Å². The molecule has 0 fully saturated rings. The highest BCUT2D eigenvalue weighted by atomic mass is 16.7. The van der Waals surface area contributed by atoms with E-state index >= 15 is 0 Å². The molecule has 4 nitrogen and oxygen atoms in total. The Morgan fingerprint density at radius 3 is 2.79 bits per heavy atom. The van der Waals surface area contributed by atoms with Crippen LogP contribution in [0, 0.1) is 0 Å². The number of rotatable bonds is 2. The zero-order valence-electron chi connectivity index (χ0n) is 8.11. The Morgan fingerprint density at radius 1 is 1.36 bits per heavy atom. The second-order valence-corrected chi connectivity index (χ2v) is 3.04. The molecule has 0 unspecified atom stereocenters. The van der Waals surface area contributed by atoms with Crippen LogP contribution in [0.5, 0.6) is 5.75 Å². The Labute approximate surface area is 82.0 Å². The summed E-state index contributed by atoms with van der Waals surface area (Å²) in [7, 11) is 3.09. The van der Waals surface area contributed by atoms with E-state index in [1.165, 1.54) is 12.2 Å². The van der Waals surface area contributed by atoms with Crippen molar-refractivity contribution in [2.24, 2.45) is 0 Å². The van der Waals surface area contributed by atoms with Gasteiger partial charge in [0.25, 0.3) is 5.91 Å². The van der Waals surface area contributed by atoms with Gasteiger partial charge in [-0.2, -0.15) is 5.06 Å². The van der Waals surface area contributed by atoms with Crippen molar-refractivity contribution in [2.45, 2.75) is 6.42 Å². The van der Waals surface area contributed by atoms with Crippen molar-refractivity contribution in [1.82, 2.24) is 0 Å². The third-order valence-electron chi connectivity index (χ3n) is 2.26. The molecule has 2 rings (SSSR count). The quantitative estimate of drug-likeness (QED) is 0.707. The maximum atomic E-state index is 11.4. The van der Waals surface area contributed by atoms with Crippen LogP contribution in [0.4, 0.5) is 5.69 Å². The number of carbonyl (C=O) groups excluding carboxylic acids is 1. The second-order valence-electron chi connectivity index (χ2n) is 3.04. The van der Waals surface area contributed by atoms with E-state index in [1.807, 2.05) is 18.2 Å². The topological polar surface area (TPSA) is 38.8 Å². The van der Waals surface area contributed by atoms with Gasteiger partial charge in [-0.3, -0.25) is 9.63 Å². The lowest BCUT2D eigenvalue weighted by Gasteiger charge is -2.13. The Kier molecular flexibility index (Phi) is 2.13. The van der Waals surface area contributed by atoms with Gasteiger partial charge in [-0.25, -0.2) is 0 Å². The Bertz CT molecular complexity index is 376. The normalized spacial score (nSPS) is 14.4. The second kappa shape index (κ2) is 3.31. The van der Waals surface area contributed by atoms with Gasteiger partial charge in [0.15, 0.2) is 0 Å². The van der Waals surface area contributed by atoms with Crippen molar-refractivity contribution in [2.75, 3.05) is 19.3 Å². The molecule has 1 aromatic carbocycles. The van der Waals surface area contributed by atoms with Crippen molar-refractivity contribution in [3.05, 3.63) is 23.8 Å². The molecule has 0 bridgehead atoms. The molecule has 4 heteroatoms. The molecule has 0 radical (unpaired) electrons. The molecule has 1 heterocycles. The van der Waals surface area contributed by atoms with Crippen LogP contribution in [0.3, 0.4) is 0 Å². The maximum absolute atomic E-state index is 11.4. The van der Waals surface area contributed by atoms with Crippen LogP contribution in [0.2, 0.25) is 0 Å². The van der Waals surface area contributed by atoms with Gasteiger partial charge in [0.2, 0.25) is 0 Å². The molecule has 0 aliphatic carbocycles. The smallest absolute Gasteiger partial charge is 0.255 e. The monoisotopic (exact) mass is 193 g/mol. The zero-order chi connectivity index (χ0) is 10.1. The number of hydrogen-bond acceptors (Lipinski definition) is 3. The Balaban J connectivity index is 2.42. The summed E-state index contributed by atoms with van der Waals surface area (Å²) >= 11 is 0. The lowest BCUT2D eigenvalue weighted by atomic mass is 10.1. The van der Waals surface area contributed by atoms with Gasteiger partial charge >= 0.3 is 0 Å². The predicted octanol–water partition coefficient (Wildman–Crippen LogP) is 1.15. The number of fused-ring (bicyclic) bond motifs is 1. The number of benzene rings is 1. The minimum Gasteiger partial charge on any atom is -0.497 e. The minimum atomic E-state index is -0.0456. The Morgan fingerprint density at radius 2 is 2.14 bits per heavy atom. The summed E-state index contributed by atoms with van der Waals surface area (Å²) in [6.07, 6.45) is 0.375. The summed E-state index contributed by atoms with van der Waals surface area (Å²) in [5.41, 5.74) is 1.74. The molecule has 1 aliphatic rings. The fraction of sp³-hybridized carbons (Fsp3) is 0.300. The zero-order valence-corrected chi connectivity index (χ0v) is 8.11. The van der Waals surface area contributed by atoms with E-state index in [2.05, 4.69) is 0 Å². The SMILES string of the molecule is COc1ccc2c(c1)CC(=O)N2OC. The lowest BCUT2D eigenvalue weighted by molar-refractivity contribution is -0.123. The van der Waals surface area contributed by atoms with Crippen LogP contribution in [0.1, 0.15) is 5.56 Å². The number of anilines is 1. The predicted molar refractivity (Wildman–Crippen MR) is 51.2 cm³/mol. The first kappa shape index (κ1) is 9.02. The van der Waals surface area contributed by atoms with Gasteiger partial charge in [0.1, 0.15) is 5.75 Å². The first-order valence-electron chi connectivity index (χ1n) is 4.30. The molecule has 1 aliphatic heterocycles. The molecule has 0 atom stereocenters. The third kappa shape index (κ3) is 1.24. The molecule has 0 spiro atoms. The van der Waals surface area contributed by atoms with Crippen LogP contribution in [0.15, 0.2) is 18.2 Å². The number of amides is 1. The first-order chi connectivity index (χ1) is 6.76. The molecule has 0 saturated carbocycles. The highest BCUT2D eigenvalue weighted by molar-refractivity contribution is 5.99. The molecule has 0 N–H and O–H groups in total. The van der Waals surface area contributed by atoms with Crippen LogP contribution in [0.25, 0.3) is 0 Å². The molecule has 1 aromatic rings. The van der Waals surface area contributed by atoms with Gasteiger partial charge in [-0.1, -0.05) is 0 Å². The molecule has 0 saturated heterocycles. The number of ether oxygens (including phenoxy) is 1. The molecular weight excluding hydrogens is 182 g/mol. The van der Waals surface area contributed by atoms with E-state index in [4.69, 9.17) is 9.57 Å². The van der Waals surface area contributed by atoms with Crippen molar-refractivity contribution in [3.8, 4) is 5.75 Å². The highest BCUT2D eigenvalue weighted by Crippen LogP contribution is 2.31. The van der Waals surface area contributed by atoms with E-state index in [9.17, 15) is 4.79 Å². The van der Waals surface area contributed by atoms with Crippen molar-refractivity contribution in [1.29, 1.82) is 0 Å². The Hall–Kier alpha value is -1.55. The fourth-order valence-corrected chi connectivity index (χ4v) is 1.60. The van der Waals surface area contributed by atoms with Crippen molar-refractivity contribution >= 4 is 11.6 Å². The van der Waals surface area contributed by atoms with E-state index in [0.29, 0.717) is 6.42 Å². The molecule has 0 aromatic heterocycles. The maximum Gasteiger partial charge on any atom is 0.255 e. The van der Waals surface area contributed by atoms with Crippen LogP contribution < -0.4 is 9.80 Å². The van der Waals surface area contributed by atoms with E-state index in [-0.39, 0.29) is 5.91 Å². The molecule has 74 valence electrons. The highest BCUT2D eigenvalue weighted by Gasteiger charge is 2.27. The van der Waals surface area contributed by atoms with Crippen LogP contribution in [-0.4, -0.2) is 20.1 Å². The van der Waals surface area contributed by atoms with Crippen LogP contribution in [-0.2, 0) is 16.1 Å². The molecule has 14 heavy (non-hydrogen) atoms. The number of hydrogen-bond donors (Lipinski definition) is 0. The van der Waals surface area contributed by atoms with E-state index in [1.54, 1.807) is 7.11 Å². The number of hydroxylamine groups is 1. The molecular formula is C10H11NO3.